The Balaban J connectivity index is 2.24. The molecule has 2 N–H and O–H groups in total. The predicted octanol–water partition coefficient (Wildman–Crippen LogP) is 1.42. The van der Waals surface area contributed by atoms with E-state index in [9.17, 15) is 15.0 Å². The van der Waals surface area contributed by atoms with E-state index in [0.717, 1.165) is 6.42 Å². The minimum Gasteiger partial charge on any atom is -0.481 e. The van der Waals surface area contributed by atoms with Crippen LogP contribution in [0.4, 0.5) is 0 Å². The summed E-state index contributed by atoms with van der Waals surface area (Å²) >= 11 is 0. The third kappa shape index (κ3) is 1.55. The van der Waals surface area contributed by atoms with Crippen molar-refractivity contribution < 1.29 is 19.7 Å². The summed E-state index contributed by atoms with van der Waals surface area (Å²) in [5.74, 6) is -0.875. The van der Waals surface area contributed by atoms with Gasteiger partial charge in [-0.15, -0.1) is 0 Å². The SMILES string of the molecule is CC1(C)CC(C(=O)O)(C2(O)CCCOC2)C1. The average molecular weight is 228 g/mol. The lowest BCUT2D eigenvalue weighted by atomic mass is 9.47. The second-order valence-corrected chi connectivity index (χ2v) is 6.09. The minimum absolute atomic E-state index is 0.0194. The van der Waals surface area contributed by atoms with E-state index in [1.54, 1.807) is 0 Å². The van der Waals surface area contributed by atoms with Crippen LogP contribution >= 0.6 is 0 Å². The molecule has 0 spiro atoms. The summed E-state index contributed by atoms with van der Waals surface area (Å²) in [4.78, 5) is 11.5. The molecule has 4 nitrogen and oxygen atoms in total. The van der Waals surface area contributed by atoms with Gasteiger partial charge in [-0.05, 0) is 31.1 Å². The molecular formula is C12H20O4. The molecule has 1 aliphatic carbocycles. The molecule has 0 aromatic heterocycles. The van der Waals surface area contributed by atoms with E-state index in [1.165, 1.54) is 0 Å². The molecule has 2 fully saturated rings. The summed E-state index contributed by atoms with van der Waals surface area (Å²) in [7, 11) is 0. The number of carboxylic acid groups (broad SMARTS) is 1. The van der Waals surface area contributed by atoms with Crippen molar-refractivity contribution in [1.29, 1.82) is 0 Å². The van der Waals surface area contributed by atoms with Crippen molar-refractivity contribution in [1.82, 2.24) is 0 Å². The van der Waals surface area contributed by atoms with Crippen LogP contribution in [-0.2, 0) is 9.53 Å². The van der Waals surface area contributed by atoms with Crippen LogP contribution in [0.1, 0.15) is 39.5 Å². The summed E-state index contributed by atoms with van der Waals surface area (Å²) in [6.07, 6.45) is 2.35. The topological polar surface area (TPSA) is 66.8 Å². The Morgan fingerprint density at radius 2 is 1.94 bits per heavy atom. The van der Waals surface area contributed by atoms with Gasteiger partial charge in [-0.25, -0.2) is 0 Å². The third-order valence-electron chi connectivity index (χ3n) is 4.08. The van der Waals surface area contributed by atoms with Gasteiger partial charge in [0, 0.05) is 6.61 Å². The second kappa shape index (κ2) is 3.44. The number of aliphatic hydroxyl groups is 1. The molecule has 1 heterocycles. The van der Waals surface area contributed by atoms with Crippen LogP contribution < -0.4 is 0 Å². The summed E-state index contributed by atoms with van der Waals surface area (Å²) in [5.41, 5.74) is -2.14. The average Bonchev–Trinajstić information content (AvgIpc) is 2.14. The summed E-state index contributed by atoms with van der Waals surface area (Å²) in [6.45, 7) is 4.87. The highest BCUT2D eigenvalue weighted by Gasteiger charge is 2.65. The zero-order valence-electron chi connectivity index (χ0n) is 9.95. The van der Waals surface area contributed by atoms with Crippen molar-refractivity contribution in [2.45, 2.75) is 45.1 Å². The molecule has 0 radical (unpaired) electrons. The van der Waals surface area contributed by atoms with E-state index in [0.29, 0.717) is 25.9 Å². The first kappa shape index (κ1) is 11.9. The van der Waals surface area contributed by atoms with Gasteiger partial charge in [0.1, 0.15) is 5.60 Å². The Kier molecular flexibility index (Phi) is 2.55. The van der Waals surface area contributed by atoms with Crippen molar-refractivity contribution >= 4 is 5.97 Å². The van der Waals surface area contributed by atoms with Crippen LogP contribution in [0.2, 0.25) is 0 Å². The Hall–Kier alpha value is -0.610. The first-order valence-corrected chi connectivity index (χ1v) is 5.85. The molecule has 0 bridgehead atoms. The molecule has 0 amide bonds. The predicted molar refractivity (Wildman–Crippen MR) is 58.1 cm³/mol. The normalized spacial score (nSPS) is 36.4. The van der Waals surface area contributed by atoms with Gasteiger partial charge in [0.15, 0.2) is 0 Å². The molecule has 1 atom stereocenters. The number of hydrogen-bond donors (Lipinski definition) is 2. The number of carboxylic acids is 1. The lowest BCUT2D eigenvalue weighted by Crippen LogP contribution is -2.65. The van der Waals surface area contributed by atoms with Crippen molar-refractivity contribution in [2.24, 2.45) is 10.8 Å². The highest BCUT2D eigenvalue weighted by atomic mass is 16.5. The second-order valence-electron chi connectivity index (χ2n) is 6.09. The van der Waals surface area contributed by atoms with Gasteiger partial charge in [-0.3, -0.25) is 4.79 Å². The number of ether oxygens (including phenoxy) is 1. The summed E-state index contributed by atoms with van der Waals surface area (Å²) in [6, 6.07) is 0. The minimum atomic E-state index is -1.17. The maximum atomic E-state index is 11.5. The van der Waals surface area contributed by atoms with Crippen molar-refractivity contribution in [3.63, 3.8) is 0 Å². The first-order chi connectivity index (χ1) is 7.31. The van der Waals surface area contributed by atoms with Gasteiger partial charge >= 0.3 is 5.97 Å². The Morgan fingerprint density at radius 1 is 1.31 bits per heavy atom. The van der Waals surface area contributed by atoms with Gasteiger partial charge in [-0.1, -0.05) is 13.8 Å². The maximum Gasteiger partial charge on any atom is 0.312 e. The molecule has 92 valence electrons. The van der Waals surface area contributed by atoms with Crippen LogP contribution in [0, 0.1) is 10.8 Å². The number of carbonyl (C=O) groups is 1. The highest BCUT2D eigenvalue weighted by molar-refractivity contribution is 5.78. The number of aliphatic carboxylic acids is 1. The van der Waals surface area contributed by atoms with Crippen LogP contribution in [0.15, 0.2) is 0 Å². The van der Waals surface area contributed by atoms with Gasteiger partial charge in [0.2, 0.25) is 0 Å². The molecular weight excluding hydrogens is 208 g/mol. The van der Waals surface area contributed by atoms with Crippen LogP contribution in [0.5, 0.6) is 0 Å². The standard InChI is InChI=1S/C12H20O4/c1-10(2)6-11(7-10,9(13)14)12(15)4-3-5-16-8-12/h15H,3-8H2,1-2H3,(H,13,14). The molecule has 1 saturated heterocycles. The number of rotatable bonds is 2. The Bertz CT molecular complexity index is 294. The van der Waals surface area contributed by atoms with Crippen molar-refractivity contribution in [2.75, 3.05) is 13.2 Å². The van der Waals surface area contributed by atoms with Gasteiger partial charge in [0.25, 0.3) is 0 Å². The fourth-order valence-electron chi connectivity index (χ4n) is 3.42. The maximum absolute atomic E-state index is 11.5. The molecule has 2 rings (SSSR count). The van der Waals surface area contributed by atoms with E-state index in [1.807, 2.05) is 13.8 Å². The molecule has 1 unspecified atom stereocenters. The highest BCUT2D eigenvalue weighted by Crippen LogP contribution is 2.61. The van der Waals surface area contributed by atoms with E-state index in [2.05, 4.69) is 0 Å². The smallest absolute Gasteiger partial charge is 0.312 e. The third-order valence-corrected chi connectivity index (χ3v) is 4.08. The molecule has 0 aromatic carbocycles. The molecule has 1 saturated carbocycles. The van der Waals surface area contributed by atoms with E-state index in [4.69, 9.17) is 4.74 Å². The van der Waals surface area contributed by atoms with Gasteiger partial charge in [0.05, 0.1) is 12.0 Å². The van der Waals surface area contributed by atoms with Crippen LogP contribution in [0.3, 0.4) is 0 Å². The van der Waals surface area contributed by atoms with E-state index < -0.39 is 17.0 Å². The molecule has 16 heavy (non-hydrogen) atoms. The zero-order chi connectivity index (χ0) is 12.0. The lowest BCUT2D eigenvalue weighted by molar-refractivity contribution is -0.230. The fraction of sp³-hybridized carbons (Fsp3) is 0.917. The Morgan fingerprint density at radius 3 is 2.31 bits per heavy atom. The van der Waals surface area contributed by atoms with Crippen LogP contribution in [0.25, 0.3) is 0 Å². The van der Waals surface area contributed by atoms with E-state index in [-0.39, 0.29) is 12.0 Å². The summed E-state index contributed by atoms with van der Waals surface area (Å²) in [5, 5.41) is 20.0. The van der Waals surface area contributed by atoms with Gasteiger partial charge in [-0.2, -0.15) is 0 Å². The number of hydrogen-bond acceptors (Lipinski definition) is 3. The zero-order valence-corrected chi connectivity index (χ0v) is 9.95. The molecule has 4 heteroatoms. The molecule has 1 aliphatic heterocycles. The molecule has 2 aliphatic rings. The van der Waals surface area contributed by atoms with Crippen molar-refractivity contribution in [3.8, 4) is 0 Å². The quantitative estimate of drug-likeness (QED) is 0.750. The monoisotopic (exact) mass is 228 g/mol. The Labute approximate surface area is 95.6 Å². The largest absolute Gasteiger partial charge is 0.481 e. The summed E-state index contributed by atoms with van der Waals surface area (Å²) < 4.78 is 5.27. The molecule has 0 aromatic rings. The van der Waals surface area contributed by atoms with Crippen LogP contribution in [-0.4, -0.2) is 35.0 Å². The fourth-order valence-corrected chi connectivity index (χ4v) is 3.42. The van der Waals surface area contributed by atoms with E-state index >= 15 is 0 Å². The first-order valence-electron chi connectivity index (χ1n) is 5.85. The lowest BCUT2D eigenvalue weighted by Gasteiger charge is -2.58. The van der Waals surface area contributed by atoms with Gasteiger partial charge < -0.3 is 14.9 Å². The van der Waals surface area contributed by atoms with Crippen molar-refractivity contribution in [3.05, 3.63) is 0 Å².